The number of hydrogen-bond acceptors (Lipinski definition) is 3. The number of hydrogen-bond donors (Lipinski definition) is 1. The molecule has 0 saturated carbocycles. The van der Waals surface area contributed by atoms with Crippen LogP contribution in [0.2, 0.25) is 0 Å². The zero-order valence-corrected chi connectivity index (χ0v) is 8.00. The molecule has 0 aromatic carbocycles. The Kier molecular flexibility index (Phi) is 2.86. The molecule has 13 heavy (non-hydrogen) atoms. The van der Waals surface area contributed by atoms with Crippen LogP contribution in [-0.2, 0) is 9.47 Å². The van der Waals surface area contributed by atoms with E-state index in [2.05, 4.69) is 0 Å². The van der Waals surface area contributed by atoms with Crippen LogP contribution in [0.4, 0.5) is 0 Å². The summed E-state index contributed by atoms with van der Waals surface area (Å²) in [5.41, 5.74) is -0.507. The summed E-state index contributed by atoms with van der Waals surface area (Å²) in [7, 11) is 0. The molecule has 0 aromatic rings. The maximum atomic E-state index is 10.4. The number of rotatable bonds is 1. The fourth-order valence-electron chi connectivity index (χ4n) is 2.32. The summed E-state index contributed by atoms with van der Waals surface area (Å²) in [4.78, 5) is 0. The van der Waals surface area contributed by atoms with Crippen molar-refractivity contribution in [3.05, 3.63) is 0 Å². The minimum Gasteiger partial charge on any atom is -0.389 e. The molecule has 2 rings (SSSR count). The summed E-state index contributed by atoms with van der Waals surface area (Å²) in [5.74, 6) is 0.342. The summed E-state index contributed by atoms with van der Waals surface area (Å²) >= 11 is 0. The predicted octanol–water partition coefficient (Wildman–Crippen LogP) is 0.955. The molecule has 0 radical (unpaired) electrons. The Morgan fingerprint density at radius 3 is 2.77 bits per heavy atom. The van der Waals surface area contributed by atoms with Gasteiger partial charge in [-0.05, 0) is 25.7 Å². The molecule has 3 nitrogen and oxygen atoms in total. The lowest BCUT2D eigenvalue weighted by molar-refractivity contribution is -0.0374. The second-order valence-electron chi connectivity index (χ2n) is 4.13. The summed E-state index contributed by atoms with van der Waals surface area (Å²) < 4.78 is 10.7. The van der Waals surface area contributed by atoms with Gasteiger partial charge in [-0.25, -0.2) is 0 Å². The third-order valence-corrected chi connectivity index (χ3v) is 3.27. The lowest BCUT2D eigenvalue weighted by atomic mass is 9.81. The van der Waals surface area contributed by atoms with E-state index in [-0.39, 0.29) is 0 Å². The second-order valence-corrected chi connectivity index (χ2v) is 4.13. The first kappa shape index (κ1) is 9.44. The molecule has 2 aliphatic heterocycles. The Morgan fingerprint density at radius 1 is 1.08 bits per heavy atom. The Labute approximate surface area is 79.0 Å². The minimum absolute atomic E-state index is 0.342. The summed E-state index contributed by atoms with van der Waals surface area (Å²) in [6, 6.07) is 0. The minimum atomic E-state index is -0.507. The van der Waals surface area contributed by atoms with Crippen LogP contribution in [0.5, 0.6) is 0 Å². The average Bonchev–Trinajstić information content (AvgIpc) is 2.57. The predicted molar refractivity (Wildman–Crippen MR) is 48.5 cm³/mol. The lowest BCUT2D eigenvalue weighted by Crippen LogP contribution is -2.38. The van der Waals surface area contributed by atoms with Crippen molar-refractivity contribution in [3.63, 3.8) is 0 Å². The van der Waals surface area contributed by atoms with Gasteiger partial charge in [-0.15, -0.1) is 0 Å². The van der Waals surface area contributed by atoms with Gasteiger partial charge in [0.05, 0.1) is 12.2 Å². The van der Waals surface area contributed by atoms with Gasteiger partial charge >= 0.3 is 0 Å². The first-order valence-electron chi connectivity index (χ1n) is 5.19. The highest BCUT2D eigenvalue weighted by molar-refractivity contribution is 4.89. The van der Waals surface area contributed by atoms with Crippen molar-refractivity contribution in [1.29, 1.82) is 0 Å². The van der Waals surface area contributed by atoms with Crippen molar-refractivity contribution in [1.82, 2.24) is 0 Å². The Balaban J connectivity index is 1.98. The molecule has 3 heteroatoms. The van der Waals surface area contributed by atoms with E-state index in [4.69, 9.17) is 9.47 Å². The van der Waals surface area contributed by atoms with E-state index < -0.39 is 5.60 Å². The molecule has 0 spiro atoms. The van der Waals surface area contributed by atoms with E-state index in [1.54, 1.807) is 0 Å². The molecule has 2 fully saturated rings. The second kappa shape index (κ2) is 3.95. The van der Waals surface area contributed by atoms with Crippen LogP contribution < -0.4 is 0 Å². The molecule has 2 aliphatic rings. The first-order chi connectivity index (χ1) is 6.31. The number of aliphatic hydroxyl groups is 1. The van der Waals surface area contributed by atoms with Gasteiger partial charge in [0.15, 0.2) is 0 Å². The molecule has 1 N–H and O–H groups in total. The molecule has 76 valence electrons. The standard InChI is InChI=1S/C10H18O3/c11-10(9-2-6-13-8-9)3-1-5-12-7-4-10/h9,11H,1-8H2. The van der Waals surface area contributed by atoms with E-state index in [9.17, 15) is 5.11 Å². The highest BCUT2D eigenvalue weighted by atomic mass is 16.5. The lowest BCUT2D eigenvalue weighted by Gasteiger charge is -2.31. The Bertz CT molecular complexity index is 156. The van der Waals surface area contributed by atoms with Crippen LogP contribution in [-0.4, -0.2) is 37.1 Å². The normalized spacial score (nSPS) is 41.8. The van der Waals surface area contributed by atoms with Crippen molar-refractivity contribution >= 4 is 0 Å². The van der Waals surface area contributed by atoms with Gasteiger partial charge in [-0.3, -0.25) is 0 Å². The van der Waals surface area contributed by atoms with Crippen LogP contribution in [0.15, 0.2) is 0 Å². The molecule has 0 amide bonds. The molecule has 2 unspecified atom stereocenters. The van der Waals surface area contributed by atoms with E-state index in [0.717, 1.165) is 45.5 Å². The molecular formula is C10H18O3. The average molecular weight is 186 g/mol. The van der Waals surface area contributed by atoms with Crippen LogP contribution in [0.1, 0.15) is 25.7 Å². The van der Waals surface area contributed by atoms with Crippen molar-refractivity contribution in [2.45, 2.75) is 31.3 Å². The molecule has 2 saturated heterocycles. The fourth-order valence-corrected chi connectivity index (χ4v) is 2.32. The number of ether oxygens (including phenoxy) is 2. The van der Waals surface area contributed by atoms with Gasteiger partial charge in [0.25, 0.3) is 0 Å². The maximum absolute atomic E-state index is 10.4. The summed E-state index contributed by atoms with van der Waals surface area (Å²) in [6.45, 7) is 3.05. The van der Waals surface area contributed by atoms with Gasteiger partial charge < -0.3 is 14.6 Å². The van der Waals surface area contributed by atoms with Gasteiger partial charge in [-0.2, -0.15) is 0 Å². The zero-order chi connectivity index (χ0) is 9.15. The fraction of sp³-hybridized carbons (Fsp3) is 1.00. The highest BCUT2D eigenvalue weighted by Crippen LogP contribution is 2.34. The van der Waals surface area contributed by atoms with E-state index >= 15 is 0 Å². The van der Waals surface area contributed by atoms with Crippen molar-refractivity contribution < 1.29 is 14.6 Å². The Hall–Kier alpha value is -0.120. The molecule has 2 heterocycles. The highest BCUT2D eigenvalue weighted by Gasteiger charge is 2.39. The first-order valence-corrected chi connectivity index (χ1v) is 5.19. The molecular weight excluding hydrogens is 168 g/mol. The largest absolute Gasteiger partial charge is 0.389 e. The van der Waals surface area contributed by atoms with E-state index in [0.29, 0.717) is 12.5 Å². The molecule has 0 bridgehead atoms. The quantitative estimate of drug-likeness (QED) is 0.662. The summed E-state index contributed by atoms with van der Waals surface area (Å²) in [6.07, 6.45) is 3.64. The topological polar surface area (TPSA) is 38.7 Å². The van der Waals surface area contributed by atoms with Crippen molar-refractivity contribution in [2.75, 3.05) is 26.4 Å². The third kappa shape index (κ3) is 2.03. The molecule has 2 atom stereocenters. The van der Waals surface area contributed by atoms with Crippen molar-refractivity contribution in [2.24, 2.45) is 5.92 Å². The van der Waals surface area contributed by atoms with Gasteiger partial charge in [0, 0.05) is 25.7 Å². The summed E-state index contributed by atoms with van der Waals surface area (Å²) in [5, 5.41) is 10.4. The van der Waals surface area contributed by atoms with Crippen LogP contribution >= 0.6 is 0 Å². The smallest absolute Gasteiger partial charge is 0.0721 e. The van der Waals surface area contributed by atoms with Gasteiger partial charge in [0.1, 0.15) is 0 Å². The van der Waals surface area contributed by atoms with E-state index in [1.165, 1.54) is 0 Å². The van der Waals surface area contributed by atoms with Crippen LogP contribution in [0, 0.1) is 5.92 Å². The maximum Gasteiger partial charge on any atom is 0.0721 e. The third-order valence-electron chi connectivity index (χ3n) is 3.27. The molecule has 0 aliphatic carbocycles. The Morgan fingerprint density at radius 2 is 2.00 bits per heavy atom. The SMILES string of the molecule is OC1(C2CCOC2)CCCOCC1. The van der Waals surface area contributed by atoms with Crippen molar-refractivity contribution in [3.8, 4) is 0 Å². The van der Waals surface area contributed by atoms with E-state index in [1.807, 2.05) is 0 Å². The molecule has 0 aromatic heterocycles. The van der Waals surface area contributed by atoms with Crippen LogP contribution in [0.3, 0.4) is 0 Å². The van der Waals surface area contributed by atoms with Gasteiger partial charge in [0.2, 0.25) is 0 Å². The van der Waals surface area contributed by atoms with Crippen LogP contribution in [0.25, 0.3) is 0 Å². The monoisotopic (exact) mass is 186 g/mol. The zero-order valence-electron chi connectivity index (χ0n) is 8.00. The van der Waals surface area contributed by atoms with Gasteiger partial charge in [-0.1, -0.05) is 0 Å².